The van der Waals surface area contributed by atoms with Gasteiger partial charge in [-0.3, -0.25) is 10.1 Å². The minimum Gasteiger partial charge on any atom is -0.490 e. The lowest BCUT2D eigenvalue weighted by atomic mass is 10.1. The van der Waals surface area contributed by atoms with Gasteiger partial charge in [-0.2, -0.15) is 0 Å². The number of aromatic nitrogens is 1. The first-order valence-electron chi connectivity index (χ1n) is 9.72. The van der Waals surface area contributed by atoms with E-state index in [-0.39, 0.29) is 5.91 Å². The van der Waals surface area contributed by atoms with Gasteiger partial charge in [0.25, 0.3) is 5.91 Å². The molecule has 0 radical (unpaired) electrons. The molecule has 1 aromatic heterocycles. The van der Waals surface area contributed by atoms with Crippen molar-refractivity contribution in [2.45, 2.75) is 34.6 Å². The number of nitrogens with one attached hydrogen (secondary N) is 1. The number of carbonyl (C=O) groups excluding carboxylic acids is 1. The first-order chi connectivity index (χ1) is 14.0. The Kier molecular flexibility index (Phi) is 6.59. The van der Waals surface area contributed by atoms with Crippen LogP contribution in [0.4, 0.5) is 5.13 Å². The summed E-state index contributed by atoms with van der Waals surface area (Å²) in [6, 6.07) is 7.51. The molecule has 3 aromatic rings. The van der Waals surface area contributed by atoms with Crippen molar-refractivity contribution in [3.63, 3.8) is 0 Å². The number of hydrogen-bond donors (Lipinski definition) is 1. The second kappa shape index (κ2) is 9.13. The normalized spacial score (nSPS) is 10.8. The molecule has 1 amide bonds. The van der Waals surface area contributed by atoms with E-state index in [0.717, 1.165) is 15.8 Å². The van der Waals surface area contributed by atoms with Crippen LogP contribution < -0.4 is 19.5 Å². The zero-order valence-corrected chi connectivity index (χ0v) is 18.2. The van der Waals surface area contributed by atoms with Gasteiger partial charge >= 0.3 is 0 Å². The second-order valence-corrected chi connectivity index (χ2v) is 7.53. The van der Waals surface area contributed by atoms with Crippen LogP contribution in [0.3, 0.4) is 0 Å². The molecule has 0 atom stereocenters. The molecule has 0 unspecified atom stereocenters. The maximum absolute atomic E-state index is 12.9. The Balaban J connectivity index is 1.94. The summed E-state index contributed by atoms with van der Waals surface area (Å²) in [6.45, 7) is 11.1. The fourth-order valence-electron chi connectivity index (χ4n) is 3.11. The summed E-state index contributed by atoms with van der Waals surface area (Å²) < 4.78 is 18.1. The lowest BCUT2D eigenvalue weighted by molar-refractivity contribution is 0.102. The highest BCUT2D eigenvalue weighted by molar-refractivity contribution is 7.22. The van der Waals surface area contributed by atoms with E-state index in [1.807, 2.05) is 27.7 Å². The maximum atomic E-state index is 12.9. The zero-order chi connectivity index (χ0) is 21.0. The van der Waals surface area contributed by atoms with Crippen molar-refractivity contribution >= 4 is 32.6 Å². The summed E-state index contributed by atoms with van der Waals surface area (Å²) in [5, 5.41) is 3.46. The third-order valence-corrected chi connectivity index (χ3v) is 5.14. The minimum absolute atomic E-state index is 0.275. The highest BCUT2D eigenvalue weighted by Gasteiger charge is 2.19. The lowest BCUT2D eigenvalue weighted by Crippen LogP contribution is -2.13. The smallest absolute Gasteiger partial charge is 0.257 e. The third kappa shape index (κ3) is 4.62. The predicted molar refractivity (Wildman–Crippen MR) is 117 cm³/mol. The molecule has 6 nitrogen and oxygen atoms in total. The number of ether oxygens (including phenoxy) is 3. The van der Waals surface area contributed by atoms with Crippen molar-refractivity contribution in [2.24, 2.45) is 0 Å². The number of benzene rings is 2. The average molecular weight is 415 g/mol. The van der Waals surface area contributed by atoms with E-state index in [2.05, 4.69) is 29.4 Å². The van der Waals surface area contributed by atoms with E-state index in [0.29, 0.717) is 47.8 Å². The van der Waals surface area contributed by atoms with Crippen molar-refractivity contribution in [2.75, 3.05) is 25.1 Å². The van der Waals surface area contributed by atoms with Gasteiger partial charge in [0, 0.05) is 5.56 Å². The third-order valence-electron chi connectivity index (χ3n) is 4.22. The van der Waals surface area contributed by atoms with Crippen molar-refractivity contribution in [1.82, 2.24) is 4.98 Å². The molecule has 0 fully saturated rings. The molecule has 154 valence electrons. The Hall–Kier alpha value is -2.80. The first kappa shape index (κ1) is 20.9. The van der Waals surface area contributed by atoms with Gasteiger partial charge in [0.15, 0.2) is 16.6 Å². The topological polar surface area (TPSA) is 69.7 Å². The summed E-state index contributed by atoms with van der Waals surface area (Å²) >= 11 is 1.46. The molecule has 29 heavy (non-hydrogen) atoms. The number of aryl methyl sites for hydroxylation is 2. The van der Waals surface area contributed by atoms with Crippen molar-refractivity contribution < 1.29 is 19.0 Å². The number of hydrogen-bond acceptors (Lipinski definition) is 6. The Morgan fingerprint density at radius 1 is 0.966 bits per heavy atom. The molecule has 0 saturated heterocycles. The fourth-order valence-corrected chi connectivity index (χ4v) is 4.15. The van der Waals surface area contributed by atoms with Crippen LogP contribution in [0.2, 0.25) is 0 Å². The Morgan fingerprint density at radius 3 is 2.17 bits per heavy atom. The molecular weight excluding hydrogens is 388 g/mol. The number of nitrogens with zero attached hydrogens (tertiary/aromatic N) is 1. The Labute approximate surface area is 174 Å². The molecule has 0 bridgehead atoms. The molecule has 7 heteroatoms. The van der Waals surface area contributed by atoms with Gasteiger partial charge in [0.05, 0.1) is 30.0 Å². The van der Waals surface area contributed by atoms with E-state index < -0.39 is 0 Å². The summed E-state index contributed by atoms with van der Waals surface area (Å²) in [5.74, 6) is 1.21. The largest absolute Gasteiger partial charge is 0.490 e. The monoisotopic (exact) mass is 414 g/mol. The molecule has 1 heterocycles. The number of fused-ring (bicyclic) bond motifs is 1. The number of rotatable bonds is 8. The molecule has 0 saturated carbocycles. The van der Waals surface area contributed by atoms with Crippen LogP contribution in [-0.4, -0.2) is 30.7 Å². The number of amides is 1. The van der Waals surface area contributed by atoms with E-state index in [9.17, 15) is 4.79 Å². The molecule has 3 rings (SSSR count). The summed E-state index contributed by atoms with van der Waals surface area (Å²) in [6.07, 6.45) is 0. The van der Waals surface area contributed by atoms with Crippen LogP contribution in [0.15, 0.2) is 24.3 Å². The Bertz CT molecular complexity index is 1000. The number of thiazole rings is 1. The maximum Gasteiger partial charge on any atom is 0.257 e. The Morgan fingerprint density at radius 2 is 1.59 bits per heavy atom. The van der Waals surface area contributed by atoms with Gasteiger partial charge in [-0.05, 0) is 63.9 Å². The lowest BCUT2D eigenvalue weighted by Gasteiger charge is -2.16. The highest BCUT2D eigenvalue weighted by atomic mass is 32.1. The van der Waals surface area contributed by atoms with Crippen molar-refractivity contribution in [3.05, 3.63) is 41.0 Å². The fraction of sp³-hybridized carbons (Fsp3) is 0.364. The van der Waals surface area contributed by atoms with Crippen LogP contribution in [0.5, 0.6) is 17.2 Å². The minimum atomic E-state index is -0.275. The van der Waals surface area contributed by atoms with Gasteiger partial charge in [-0.15, -0.1) is 0 Å². The van der Waals surface area contributed by atoms with Crippen LogP contribution in [-0.2, 0) is 0 Å². The summed E-state index contributed by atoms with van der Waals surface area (Å²) in [7, 11) is 0. The quantitative estimate of drug-likeness (QED) is 0.537. The molecular formula is C22H26N2O4S. The zero-order valence-electron chi connectivity index (χ0n) is 17.4. The van der Waals surface area contributed by atoms with Gasteiger partial charge in [-0.1, -0.05) is 17.4 Å². The predicted octanol–water partition coefficient (Wildman–Crippen LogP) is 5.36. The van der Waals surface area contributed by atoms with Gasteiger partial charge < -0.3 is 14.2 Å². The van der Waals surface area contributed by atoms with Gasteiger partial charge in [0.2, 0.25) is 5.75 Å². The van der Waals surface area contributed by atoms with Crippen LogP contribution in [0, 0.1) is 13.8 Å². The summed E-state index contributed by atoms with van der Waals surface area (Å²) in [5.41, 5.74) is 3.60. The molecule has 1 N–H and O–H groups in total. The molecule has 0 spiro atoms. The molecule has 0 aliphatic rings. The SMILES string of the molecule is CCOc1cc(C(=O)Nc2nc3c(C)cc(C)cc3s2)cc(OCC)c1OCC. The van der Waals surface area contributed by atoms with Gasteiger partial charge in [0.1, 0.15) is 0 Å². The molecule has 2 aromatic carbocycles. The van der Waals surface area contributed by atoms with E-state index in [1.165, 1.54) is 16.9 Å². The standard InChI is InChI=1S/C22H26N2O4S/c1-6-26-16-11-15(12-17(27-7-2)20(16)28-8-3)21(25)24-22-23-19-14(5)9-13(4)10-18(19)29-22/h9-12H,6-8H2,1-5H3,(H,23,24,25). The number of anilines is 1. The van der Waals surface area contributed by atoms with E-state index >= 15 is 0 Å². The molecule has 0 aliphatic heterocycles. The number of carbonyl (C=O) groups is 1. The summed E-state index contributed by atoms with van der Waals surface area (Å²) in [4.78, 5) is 17.5. The van der Waals surface area contributed by atoms with Crippen molar-refractivity contribution in [3.8, 4) is 17.2 Å². The van der Waals surface area contributed by atoms with Crippen LogP contribution in [0.1, 0.15) is 42.3 Å². The van der Waals surface area contributed by atoms with E-state index in [1.54, 1.807) is 12.1 Å². The average Bonchev–Trinajstić information content (AvgIpc) is 3.07. The second-order valence-electron chi connectivity index (χ2n) is 6.50. The van der Waals surface area contributed by atoms with Crippen molar-refractivity contribution in [1.29, 1.82) is 0 Å². The van der Waals surface area contributed by atoms with E-state index in [4.69, 9.17) is 14.2 Å². The van der Waals surface area contributed by atoms with Crippen LogP contribution in [0.25, 0.3) is 10.2 Å². The highest BCUT2D eigenvalue weighted by Crippen LogP contribution is 2.39. The first-order valence-corrected chi connectivity index (χ1v) is 10.5. The van der Waals surface area contributed by atoms with Crippen LogP contribution >= 0.6 is 11.3 Å². The molecule has 0 aliphatic carbocycles. The van der Waals surface area contributed by atoms with Gasteiger partial charge in [-0.25, -0.2) is 4.98 Å².